The van der Waals surface area contributed by atoms with Gasteiger partial charge in [-0.2, -0.15) is 36.4 Å². The molecule has 0 heterocycles. The summed E-state index contributed by atoms with van der Waals surface area (Å²) in [7, 11) is -0.389. The molecule has 0 aromatic heterocycles. The molecule has 0 bridgehead atoms. The average Bonchev–Trinajstić information content (AvgIpc) is 2.83. The van der Waals surface area contributed by atoms with E-state index in [1.54, 1.807) is 0 Å². The van der Waals surface area contributed by atoms with Gasteiger partial charge in [0.15, 0.2) is 0 Å². The first-order valence-electron chi connectivity index (χ1n) is 4.90. The van der Waals surface area contributed by atoms with Crippen molar-refractivity contribution in [3.05, 3.63) is 74.6 Å². The van der Waals surface area contributed by atoms with E-state index >= 15 is 0 Å². The molecule has 0 nitrogen and oxygen atoms in total. The largest absolute Gasteiger partial charge is 4.00 e. The summed E-state index contributed by atoms with van der Waals surface area (Å²) in [5, 5.41) is 0. The fraction of sp³-hybridized carbons (Fsp3) is 0.143. The minimum Gasteiger partial charge on any atom is -0.358 e. The monoisotopic (exact) mass is 308 g/mol. The Morgan fingerprint density at radius 3 is 1.06 bits per heavy atom. The van der Waals surface area contributed by atoms with E-state index in [1.165, 1.54) is 0 Å². The Bertz CT molecular complexity index is 183. The van der Waals surface area contributed by atoms with Crippen LogP contribution in [-0.4, -0.2) is 8.80 Å². The first-order valence-corrected chi connectivity index (χ1v) is 8.02. The summed E-state index contributed by atoms with van der Waals surface area (Å²) in [6.07, 6.45) is 0. The van der Waals surface area contributed by atoms with Gasteiger partial charge in [0.1, 0.15) is 0 Å². The minimum absolute atomic E-state index is 0. The molecule has 0 N–H and O–H groups in total. The van der Waals surface area contributed by atoms with E-state index in [2.05, 4.69) is 19.6 Å². The van der Waals surface area contributed by atoms with Crippen molar-refractivity contribution >= 4 is 8.80 Å². The van der Waals surface area contributed by atoms with Gasteiger partial charge < -0.3 is 14.0 Å². The van der Waals surface area contributed by atoms with Gasteiger partial charge in [-0.05, 0) is 0 Å². The second-order valence-electron chi connectivity index (χ2n) is 3.32. The molecule has 0 aliphatic rings. The first kappa shape index (κ1) is 21.1. The molecule has 0 atom stereocenters. The standard InChI is InChI=1S/2C5H5.C3H9Si.CH3.Zr/c2*1-2-4-5-3-1;1-4(2)3;;/h2*1-5H;4H,1H2,2-3H3;1H3;/q4*-1;+4. The molecule has 2 aromatic rings. The van der Waals surface area contributed by atoms with Crippen LogP contribution in [0.2, 0.25) is 13.1 Å². The number of rotatable bonds is 0. The first-order chi connectivity index (χ1) is 6.73. The van der Waals surface area contributed by atoms with Crippen molar-refractivity contribution in [2.75, 3.05) is 0 Å². The summed E-state index contributed by atoms with van der Waals surface area (Å²) in [6, 6.07) is 20.0. The summed E-state index contributed by atoms with van der Waals surface area (Å²) in [5.74, 6) is 0. The summed E-state index contributed by atoms with van der Waals surface area (Å²) >= 11 is 0. The van der Waals surface area contributed by atoms with Crippen molar-refractivity contribution in [1.82, 2.24) is 0 Å². The van der Waals surface area contributed by atoms with Crippen LogP contribution in [0.5, 0.6) is 0 Å². The van der Waals surface area contributed by atoms with E-state index in [0.717, 1.165) is 0 Å². The van der Waals surface area contributed by atoms with E-state index in [4.69, 9.17) is 0 Å². The quantitative estimate of drug-likeness (QED) is 0.507. The summed E-state index contributed by atoms with van der Waals surface area (Å²) in [6.45, 7) is 8.17. The maximum Gasteiger partial charge on any atom is 4.00 e. The minimum atomic E-state index is -0.389. The van der Waals surface area contributed by atoms with Gasteiger partial charge in [0.05, 0.1) is 0 Å². The van der Waals surface area contributed by atoms with Gasteiger partial charge in [-0.3, -0.25) is 0 Å². The zero-order valence-corrected chi connectivity index (χ0v) is 14.2. The molecule has 0 aliphatic carbocycles. The van der Waals surface area contributed by atoms with Crippen LogP contribution in [0.4, 0.5) is 0 Å². The van der Waals surface area contributed by atoms with Gasteiger partial charge in [0, 0.05) is 0 Å². The zero-order valence-electron chi connectivity index (χ0n) is 10.6. The van der Waals surface area contributed by atoms with Crippen LogP contribution >= 0.6 is 0 Å². The van der Waals surface area contributed by atoms with E-state index in [0.29, 0.717) is 0 Å². The van der Waals surface area contributed by atoms with E-state index in [1.807, 2.05) is 60.7 Å². The van der Waals surface area contributed by atoms with Crippen molar-refractivity contribution in [2.45, 2.75) is 13.1 Å². The van der Waals surface area contributed by atoms with Crippen LogP contribution in [-0.2, 0) is 26.2 Å². The van der Waals surface area contributed by atoms with Crippen LogP contribution in [0.1, 0.15) is 0 Å². The molecule has 0 aliphatic heterocycles. The molecular formula is C14H22SiZr. The van der Waals surface area contributed by atoms with Gasteiger partial charge in [0.2, 0.25) is 0 Å². The molecule has 2 rings (SSSR count). The number of hydrogen-bond donors (Lipinski definition) is 0. The van der Waals surface area contributed by atoms with Crippen molar-refractivity contribution in [2.24, 2.45) is 0 Å². The Labute approximate surface area is 122 Å². The van der Waals surface area contributed by atoms with Crippen molar-refractivity contribution < 1.29 is 26.2 Å². The van der Waals surface area contributed by atoms with E-state index in [-0.39, 0.29) is 42.4 Å². The van der Waals surface area contributed by atoms with Gasteiger partial charge in [-0.1, -0.05) is 13.1 Å². The van der Waals surface area contributed by atoms with Crippen LogP contribution in [0.15, 0.2) is 60.7 Å². The van der Waals surface area contributed by atoms with E-state index < -0.39 is 0 Å². The molecule has 0 radical (unpaired) electrons. The maximum atomic E-state index is 3.78. The van der Waals surface area contributed by atoms with E-state index in [9.17, 15) is 0 Å². The molecule has 0 unspecified atom stereocenters. The Morgan fingerprint density at radius 1 is 0.812 bits per heavy atom. The summed E-state index contributed by atoms with van der Waals surface area (Å²) in [4.78, 5) is 0. The molecule has 0 spiro atoms. The fourth-order valence-corrected chi connectivity index (χ4v) is 0.642. The summed E-state index contributed by atoms with van der Waals surface area (Å²) < 4.78 is 0. The SMILES string of the molecule is [CH2-][SiH](C)C.[CH3-].[Zr+4].c1cc[cH-]c1.c1cc[cH-]c1. The Kier molecular flexibility index (Phi) is 22.7. The van der Waals surface area contributed by atoms with Crippen molar-refractivity contribution in [3.8, 4) is 0 Å². The van der Waals surface area contributed by atoms with Crippen LogP contribution in [0.3, 0.4) is 0 Å². The fourth-order valence-electron chi connectivity index (χ4n) is 0.642. The predicted molar refractivity (Wildman–Crippen MR) is 74.7 cm³/mol. The van der Waals surface area contributed by atoms with Gasteiger partial charge in [0.25, 0.3) is 0 Å². The molecule has 2 heteroatoms. The zero-order chi connectivity index (χ0) is 10.6. The van der Waals surface area contributed by atoms with Gasteiger partial charge >= 0.3 is 26.2 Å². The van der Waals surface area contributed by atoms with Crippen LogP contribution < -0.4 is 0 Å². The topological polar surface area (TPSA) is 0 Å². The predicted octanol–water partition coefficient (Wildman–Crippen LogP) is 4.11. The molecule has 0 saturated heterocycles. The Morgan fingerprint density at radius 2 is 1.00 bits per heavy atom. The normalized spacial score (nSPS) is 7.25. The maximum absolute atomic E-state index is 3.78. The van der Waals surface area contributed by atoms with Gasteiger partial charge in [-0.25, -0.2) is 24.3 Å². The second kappa shape index (κ2) is 17.2. The molecule has 0 fully saturated rings. The Balaban J connectivity index is -0.000000151. The average molecular weight is 310 g/mol. The molecule has 2 aromatic carbocycles. The molecule has 0 saturated carbocycles. The molecule has 16 heavy (non-hydrogen) atoms. The molecular weight excluding hydrogens is 287 g/mol. The third-order valence-electron chi connectivity index (χ3n) is 1.11. The molecule has 0 amide bonds. The smallest absolute Gasteiger partial charge is 0.358 e. The van der Waals surface area contributed by atoms with Gasteiger partial charge in [-0.15, -0.1) is 8.80 Å². The summed E-state index contributed by atoms with van der Waals surface area (Å²) in [5.41, 5.74) is 0. The third-order valence-corrected chi connectivity index (χ3v) is 1.11. The number of hydrogen-bond acceptors (Lipinski definition) is 0. The second-order valence-corrected chi connectivity index (χ2v) is 6.11. The van der Waals surface area contributed by atoms with Crippen LogP contribution in [0, 0.1) is 14.0 Å². The Hall–Kier alpha value is -0.200. The molecule has 86 valence electrons. The van der Waals surface area contributed by atoms with Crippen molar-refractivity contribution in [1.29, 1.82) is 0 Å². The third kappa shape index (κ3) is 23.5. The van der Waals surface area contributed by atoms with Crippen molar-refractivity contribution in [3.63, 3.8) is 0 Å². The van der Waals surface area contributed by atoms with Crippen LogP contribution in [0.25, 0.3) is 0 Å².